The number of hydrogen-bond acceptors (Lipinski definition) is 3. The molecule has 0 unspecified atom stereocenters. The second-order valence-electron chi connectivity index (χ2n) is 2.67. The first kappa shape index (κ1) is 18.8. The standard InChI is InChI=1S/C9H8N3O.C2H6.CH3.Y/c13-8-3-2-7(6-12-8)9-10-4-1-5-11-9;1-2;;/h2,4,6H,1,5H2,(H,12,13);1-2H3;1H3;/q-1;;-1;. The number of aromatic amines is 1. The van der Waals surface area contributed by atoms with Crippen LogP contribution in [0.1, 0.15) is 25.8 Å². The molecule has 0 saturated heterocycles. The largest absolute Gasteiger partial charge is 0.362 e. The first-order chi connectivity index (χ1) is 7.36. The average Bonchev–Trinajstić information content (AvgIpc) is 2.34. The molecule has 17 heavy (non-hydrogen) atoms. The number of rotatable bonds is 1. The molecule has 0 aliphatic carbocycles. The molecule has 1 N–H and O–H groups in total. The Bertz CT molecular complexity index is 404. The summed E-state index contributed by atoms with van der Waals surface area (Å²) < 4.78 is 0. The summed E-state index contributed by atoms with van der Waals surface area (Å²) in [6.45, 7) is 4.76. The van der Waals surface area contributed by atoms with E-state index in [1.54, 1.807) is 12.3 Å². The number of pyridine rings is 1. The summed E-state index contributed by atoms with van der Waals surface area (Å²) in [6, 6.07) is 4.13. The van der Waals surface area contributed by atoms with Gasteiger partial charge >= 0.3 is 0 Å². The van der Waals surface area contributed by atoms with Gasteiger partial charge in [0.2, 0.25) is 0 Å². The number of H-pyrrole nitrogens is 1. The van der Waals surface area contributed by atoms with Gasteiger partial charge < -0.3 is 12.4 Å². The molecule has 1 aliphatic heterocycles. The molecule has 1 aromatic heterocycles. The van der Waals surface area contributed by atoms with Crippen LogP contribution in [0.2, 0.25) is 0 Å². The van der Waals surface area contributed by atoms with E-state index in [0.717, 1.165) is 18.5 Å². The summed E-state index contributed by atoms with van der Waals surface area (Å²) >= 11 is 0. The summed E-state index contributed by atoms with van der Waals surface area (Å²) in [5.41, 5.74) is 0.569. The van der Waals surface area contributed by atoms with Crippen molar-refractivity contribution in [2.45, 2.75) is 20.3 Å². The van der Waals surface area contributed by atoms with Gasteiger partial charge in [-0.3, -0.25) is 14.8 Å². The van der Waals surface area contributed by atoms with E-state index in [0.29, 0.717) is 5.84 Å². The fourth-order valence-corrected chi connectivity index (χ4v) is 1.08. The fraction of sp³-hybridized carbons (Fsp3) is 0.333. The van der Waals surface area contributed by atoms with E-state index in [1.807, 2.05) is 20.1 Å². The number of hydrogen-bond donors (Lipinski definition) is 1. The Kier molecular flexibility index (Phi) is 11.6. The molecule has 1 aliphatic rings. The smallest absolute Gasteiger partial charge is 0.155 e. The zero-order valence-electron chi connectivity index (χ0n) is 10.5. The van der Waals surface area contributed by atoms with E-state index in [4.69, 9.17) is 0 Å². The third-order valence-electron chi connectivity index (χ3n) is 1.71. The van der Waals surface area contributed by atoms with Gasteiger partial charge in [0.15, 0.2) is 5.56 Å². The molecule has 91 valence electrons. The van der Waals surface area contributed by atoms with Crippen molar-refractivity contribution in [3.63, 3.8) is 0 Å². The van der Waals surface area contributed by atoms with Crippen LogP contribution < -0.4 is 5.56 Å². The van der Waals surface area contributed by atoms with E-state index in [9.17, 15) is 4.79 Å². The first-order valence-electron chi connectivity index (χ1n) is 5.04. The number of aromatic nitrogens is 1. The molecular formula is C12H17N3OY-2. The first-order valence-corrected chi connectivity index (χ1v) is 5.04. The van der Waals surface area contributed by atoms with Gasteiger partial charge in [0.1, 0.15) is 0 Å². The Balaban J connectivity index is 0. The van der Waals surface area contributed by atoms with Crippen molar-refractivity contribution >= 4 is 12.1 Å². The SMILES string of the molecule is CC.O=c1[c-]cc(C2=NCCC=N2)c[nH]1.[CH3-].[Y]. The normalized spacial score (nSPS) is 12.2. The molecule has 0 atom stereocenters. The van der Waals surface area contributed by atoms with E-state index in [1.165, 1.54) is 0 Å². The zero-order chi connectivity index (χ0) is 11.1. The summed E-state index contributed by atoms with van der Waals surface area (Å²) in [5.74, 6) is 0.666. The molecule has 2 rings (SSSR count). The maximum absolute atomic E-state index is 10.7. The summed E-state index contributed by atoms with van der Waals surface area (Å²) in [7, 11) is 0. The van der Waals surface area contributed by atoms with Crippen LogP contribution >= 0.6 is 0 Å². The van der Waals surface area contributed by atoms with Crippen molar-refractivity contribution in [3.8, 4) is 0 Å². The molecule has 1 radical (unpaired) electrons. The van der Waals surface area contributed by atoms with Crippen LogP contribution in [0.5, 0.6) is 0 Å². The molecule has 0 bridgehead atoms. The van der Waals surface area contributed by atoms with Crippen LogP contribution in [0.15, 0.2) is 27.0 Å². The third kappa shape index (κ3) is 6.03. The molecule has 0 amide bonds. The predicted molar refractivity (Wildman–Crippen MR) is 68.2 cm³/mol. The van der Waals surface area contributed by atoms with Gasteiger partial charge in [0.25, 0.3) is 0 Å². The van der Waals surface area contributed by atoms with Crippen molar-refractivity contribution in [2.75, 3.05) is 6.54 Å². The van der Waals surface area contributed by atoms with Crippen molar-refractivity contribution in [3.05, 3.63) is 41.7 Å². The van der Waals surface area contributed by atoms with E-state index in [-0.39, 0.29) is 45.7 Å². The number of nitrogens with one attached hydrogen (secondary N) is 1. The quantitative estimate of drug-likeness (QED) is 0.791. The molecule has 5 heteroatoms. The zero-order valence-corrected chi connectivity index (χ0v) is 13.4. The van der Waals surface area contributed by atoms with Gasteiger partial charge in [0, 0.05) is 51.9 Å². The van der Waals surface area contributed by atoms with Crippen LogP contribution in [0, 0.1) is 13.5 Å². The second-order valence-corrected chi connectivity index (χ2v) is 2.67. The van der Waals surface area contributed by atoms with Crippen LogP contribution in [0.3, 0.4) is 0 Å². The summed E-state index contributed by atoms with van der Waals surface area (Å²) in [5, 5.41) is 0. The molecular weight excluding hydrogens is 291 g/mol. The number of amidine groups is 1. The van der Waals surface area contributed by atoms with Crippen molar-refractivity contribution in [1.82, 2.24) is 4.98 Å². The Hall–Kier alpha value is -0.606. The average molecular weight is 308 g/mol. The molecule has 4 nitrogen and oxygen atoms in total. The monoisotopic (exact) mass is 308 g/mol. The molecule has 0 saturated carbocycles. The van der Waals surface area contributed by atoms with E-state index in [2.05, 4.69) is 21.0 Å². The fourth-order valence-electron chi connectivity index (χ4n) is 1.08. The van der Waals surface area contributed by atoms with Gasteiger partial charge in [-0.05, 0) is 0 Å². The Morgan fingerprint density at radius 2 is 2.12 bits per heavy atom. The van der Waals surface area contributed by atoms with Crippen LogP contribution in [-0.2, 0) is 32.7 Å². The van der Waals surface area contributed by atoms with E-state index >= 15 is 0 Å². The molecule has 0 fully saturated rings. The van der Waals surface area contributed by atoms with Crippen molar-refractivity contribution in [2.24, 2.45) is 9.98 Å². The summed E-state index contributed by atoms with van der Waals surface area (Å²) in [4.78, 5) is 21.6. The van der Waals surface area contributed by atoms with Crippen LogP contribution in [-0.4, -0.2) is 23.6 Å². The van der Waals surface area contributed by atoms with Crippen molar-refractivity contribution < 1.29 is 32.7 Å². The van der Waals surface area contributed by atoms with Crippen molar-refractivity contribution in [1.29, 1.82) is 0 Å². The van der Waals surface area contributed by atoms with Gasteiger partial charge in [-0.25, -0.2) is 6.07 Å². The van der Waals surface area contributed by atoms with Gasteiger partial charge in [-0.2, -0.15) is 6.07 Å². The molecule has 0 spiro atoms. The minimum absolute atomic E-state index is 0. The minimum Gasteiger partial charge on any atom is -0.362 e. The topological polar surface area (TPSA) is 57.6 Å². The second kappa shape index (κ2) is 10.5. The maximum atomic E-state index is 10.7. The summed E-state index contributed by atoms with van der Waals surface area (Å²) in [6.07, 6.45) is 4.31. The number of aliphatic imine (C=N–C) groups is 2. The Morgan fingerprint density at radius 1 is 1.41 bits per heavy atom. The molecule has 1 aromatic rings. The van der Waals surface area contributed by atoms with Gasteiger partial charge in [-0.15, -0.1) is 5.56 Å². The molecule has 0 aromatic carbocycles. The van der Waals surface area contributed by atoms with Gasteiger partial charge in [-0.1, -0.05) is 20.0 Å². The van der Waals surface area contributed by atoms with Crippen LogP contribution in [0.25, 0.3) is 0 Å². The van der Waals surface area contributed by atoms with Crippen LogP contribution in [0.4, 0.5) is 0 Å². The maximum Gasteiger partial charge on any atom is 0.155 e. The van der Waals surface area contributed by atoms with E-state index < -0.39 is 0 Å². The van der Waals surface area contributed by atoms with Gasteiger partial charge in [0.05, 0.1) is 5.84 Å². The molecule has 2 heterocycles. The Morgan fingerprint density at radius 3 is 2.59 bits per heavy atom. The third-order valence-corrected chi connectivity index (χ3v) is 1.71. The number of nitrogens with zero attached hydrogens (tertiary/aromatic N) is 2. The minimum atomic E-state index is -0.232. The predicted octanol–water partition coefficient (Wildman–Crippen LogP) is 1.87. The Labute approximate surface area is 128 Å².